The quantitative estimate of drug-likeness (QED) is 0.776. The van der Waals surface area contributed by atoms with Gasteiger partial charge in [-0.1, -0.05) is 6.07 Å². The fraction of sp³-hybridized carbons (Fsp3) is 0.182. The number of carbonyl (C=O) groups excluding carboxylic acids is 1. The number of rotatable bonds is 4. The van der Waals surface area contributed by atoms with Crippen LogP contribution in [0.3, 0.4) is 0 Å². The number of Topliss-reactive ketones (excluding diaryl/α,β-unsaturated/α-hetero) is 1. The van der Waals surface area contributed by atoms with Gasteiger partial charge < -0.3 is 0 Å². The first-order chi connectivity index (χ1) is 6.84. The first-order valence-corrected chi connectivity index (χ1v) is 6.22. The van der Waals surface area contributed by atoms with Gasteiger partial charge in [-0.25, -0.2) is 0 Å². The molecule has 14 heavy (non-hydrogen) atoms. The summed E-state index contributed by atoms with van der Waals surface area (Å²) in [6.07, 6.45) is 1.15. The van der Waals surface area contributed by atoms with Gasteiger partial charge in [0, 0.05) is 17.7 Å². The minimum atomic E-state index is 0.297. The minimum Gasteiger partial charge on any atom is -0.299 e. The molecule has 0 bridgehead atoms. The standard InChI is InChI=1S/C11H10OS2/c12-10(6-9-3-5-13-8-9)7-11-2-1-4-14-11/h1-5,8H,6-7H2. The lowest BCUT2D eigenvalue weighted by Crippen LogP contribution is -2.04. The molecule has 0 atom stereocenters. The highest BCUT2D eigenvalue weighted by Gasteiger charge is 2.05. The molecular weight excluding hydrogens is 212 g/mol. The van der Waals surface area contributed by atoms with Crippen LogP contribution in [0, 0.1) is 0 Å². The minimum absolute atomic E-state index is 0.297. The molecule has 0 aromatic carbocycles. The first-order valence-electron chi connectivity index (χ1n) is 4.40. The molecule has 3 heteroatoms. The highest BCUT2D eigenvalue weighted by atomic mass is 32.1. The molecule has 1 nitrogen and oxygen atoms in total. The summed E-state index contributed by atoms with van der Waals surface area (Å²) in [4.78, 5) is 12.7. The second-order valence-corrected chi connectivity index (χ2v) is 4.92. The van der Waals surface area contributed by atoms with E-state index >= 15 is 0 Å². The van der Waals surface area contributed by atoms with E-state index in [1.165, 1.54) is 0 Å². The van der Waals surface area contributed by atoms with E-state index in [-0.39, 0.29) is 0 Å². The van der Waals surface area contributed by atoms with Gasteiger partial charge in [-0.05, 0) is 33.8 Å². The Morgan fingerprint density at radius 3 is 2.79 bits per heavy atom. The number of ketones is 1. The van der Waals surface area contributed by atoms with Crippen molar-refractivity contribution in [1.82, 2.24) is 0 Å². The van der Waals surface area contributed by atoms with Crippen molar-refractivity contribution < 1.29 is 4.79 Å². The zero-order chi connectivity index (χ0) is 9.80. The summed E-state index contributed by atoms with van der Waals surface area (Å²) >= 11 is 3.29. The van der Waals surface area contributed by atoms with E-state index in [0.717, 1.165) is 10.4 Å². The van der Waals surface area contributed by atoms with Gasteiger partial charge in [-0.15, -0.1) is 11.3 Å². The third-order valence-electron chi connectivity index (χ3n) is 1.93. The van der Waals surface area contributed by atoms with Gasteiger partial charge in [0.2, 0.25) is 0 Å². The van der Waals surface area contributed by atoms with E-state index in [1.807, 2.05) is 34.3 Å². The van der Waals surface area contributed by atoms with Crippen LogP contribution in [-0.2, 0) is 17.6 Å². The molecule has 2 aromatic heterocycles. The molecule has 2 rings (SSSR count). The smallest absolute Gasteiger partial charge is 0.142 e. The third-order valence-corrected chi connectivity index (χ3v) is 3.54. The molecule has 0 fully saturated rings. The predicted octanol–water partition coefficient (Wildman–Crippen LogP) is 3.16. The maximum absolute atomic E-state index is 11.6. The van der Waals surface area contributed by atoms with Crippen molar-refractivity contribution in [2.45, 2.75) is 12.8 Å². The summed E-state index contributed by atoms with van der Waals surface area (Å²) in [7, 11) is 0. The SMILES string of the molecule is O=C(Cc1ccsc1)Cc1cccs1. The maximum Gasteiger partial charge on any atom is 0.142 e. The van der Waals surface area contributed by atoms with Crippen molar-refractivity contribution >= 4 is 28.5 Å². The fourth-order valence-corrected chi connectivity index (χ4v) is 2.69. The molecule has 0 saturated heterocycles. The van der Waals surface area contributed by atoms with Crippen LogP contribution in [0.4, 0.5) is 0 Å². The number of thiophene rings is 2. The average Bonchev–Trinajstić information content (AvgIpc) is 2.76. The van der Waals surface area contributed by atoms with E-state index in [4.69, 9.17) is 0 Å². The third kappa shape index (κ3) is 2.53. The lowest BCUT2D eigenvalue weighted by Gasteiger charge is -1.95. The Bertz CT molecular complexity index is 349. The summed E-state index contributed by atoms with van der Waals surface area (Å²) < 4.78 is 0. The lowest BCUT2D eigenvalue weighted by molar-refractivity contribution is -0.117. The largest absolute Gasteiger partial charge is 0.299 e. The van der Waals surface area contributed by atoms with E-state index in [0.29, 0.717) is 18.6 Å². The van der Waals surface area contributed by atoms with E-state index in [9.17, 15) is 4.79 Å². The molecule has 2 heterocycles. The van der Waals surface area contributed by atoms with Crippen LogP contribution in [0.1, 0.15) is 10.4 Å². The lowest BCUT2D eigenvalue weighted by atomic mass is 10.1. The Hall–Kier alpha value is -0.930. The summed E-state index contributed by atoms with van der Waals surface area (Å²) in [5.41, 5.74) is 1.14. The van der Waals surface area contributed by atoms with Crippen molar-refractivity contribution in [1.29, 1.82) is 0 Å². The van der Waals surface area contributed by atoms with Crippen molar-refractivity contribution in [3.05, 3.63) is 44.8 Å². The van der Waals surface area contributed by atoms with Crippen molar-refractivity contribution in [2.75, 3.05) is 0 Å². The number of hydrogen-bond donors (Lipinski definition) is 0. The number of hydrogen-bond acceptors (Lipinski definition) is 3. The van der Waals surface area contributed by atoms with Gasteiger partial charge in [0.15, 0.2) is 0 Å². The predicted molar refractivity (Wildman–Crippen MR) is 61.1 cm³/mol. The summed E-state index contributed by atoms with van der Waals surface area (Å²) in [6, 6.07) is 6.01. The molecule has 0 N–H and O–H groups in total. The summed E-state index contributed by atoms with van der Waals surface area (Å²) in [5, 5.41) is 6.05. The van der Waals surface area contributed by atoms with Crippen molar-refractivity contribution in [3.8, 4) is 0 Å². The molecule has 0 saturated carbocycles. The zero-order valence-electron chi connectivity index (χ0n) is 7.60. The first kappa shape index (κ1) is 9.62. The van der Waals surface area contributed by atoms with Crippen LogP contribution in [0.5, 0.6) is 0 Å². The Morgan fingerprint density at radius 2 is 2.14 bits per heavy atom. The van der Waals surface area contributed by atoms with Crippen LogP contribution in [-0.4, -0.2) is 5.78 Å². The van der Waals surface area contributed by atoms with E-state index in [1.54, 1.807) is 22.7 Å². The molecule has 72 valence electrons. The van der Waals surface area contributed by atoms with Crippen molar-refractivity contribution in [3.63, 3.8) is 0 Å². The number of carbonyl (C=O) groups is 1. The molecule has 0 amide bonds. The summed E-state index contributed by atoms with van der Waals surface area (Å²) in [5.74, 6) is 0.297. The van der Waals surface area contributed by atoms with Crippen LogP contribution in [0.2, 0.25) is 0 Å². The van der Waals surface area contributed by atoms with E-state index < -0.39 is 0 Å². The average molecular weight is 222 g/mol. The molecular formula is C11H10OS2. The van der Waals surface area contributed by atoms with E-state index in [2.05, 4.69) is 0 Å². The van der Waals surface area contributed by atoms with Gasteiger partial charge in [-0.2, -0.15) is 11.3 Å². The zero-order valence-corrected chi connectivity index (χ0v) is 9.24. The molecule has 0 aliphatic carbocycles. The maximum atomic E-state index is 11.6. The van der Waals surface area contributed by atoms with Gasteiger partial charge in [0.1, 0.15) is 5.78 Å². The monoisotopic (exact) mass is 222 g/mol. The Morgan fingerprint density at radius 1 is 1.21 bits per heavy atom. The highest BCUT2D eigenvalue weighted by Crippen LogP contribution is 2.12. The summed E-state index contributed by atoms with van der Waals surface area (Å²) in [6.45, 7) is 0. The van der Waals surface area contributed by atoms with Gasteiger partial charge in [0.05, 0.1) is 0 Å². The molecule has 0 aliphatic rings. The van der Waals surface area contributed by atoms with Crippen LogP contribution in [0.25, 0.3) is 0 Å². The second kappa shape index (κ2) is 4.53. The Kier molecular flexibility index (Phi) is 3.11. The van der Waals surface area contributed by atoms with Crippen LogP contribution in [0.15, 0.2) is 34.3 Å². The second-order valence-electron chi connectivity index (χ2n) is 3.10. The Balaban J connectivity index is 1.91. The van der Waals surface area contributed by atoms with Gasteiger partial charge in [0.25, 0.3) is 0 Å². The van der Waals surface area contributed by atoms with Gasteiger partial charge >= 0.3 is 0 Å². The topological polar surface area (TPSA) is 17.1 Å². The Labute approximate surface area is 91.0 Å². The molecule has 2 aromatic rings. The molecule has 0 spiro atoms. The van der Waals surface area contributed by atoms with Gasteiger partial charge in [-0.3, -0.25) is 4.79 Å². The van der Waals surface area contributed by atoms with Crippen LogP contribution >= 0.6 is 22.7 Å². The fourth-order valence-electron chi connectivity index (χ4n) is 1.29. The molecule has 0 aliphatic heterocycles. The normalized spacial score (nSPS) is 10.3. The molecule has 0 unspecified atom stereocenters. The highest BCUT2D eigenvalue weighted by molar-refractivity contribution is 7.10. The van der Waals surface area contributed by atoms with Crippen LogP contribution < -0.4 is 0 Å². The van der Waals surface area contributed by atoms with Crippen molar-refractivity contribution in [2.24, 2.45) is 0 Å². The molecule has 0 radical (unpaired) electrons.